The van der Waals surface area contributed by atoms with E-state index in [1.807, 2.05) is 152 Å². The number of nitrogens with one attached hydrogen (secondary N) is 3. The van der Waals surface area contributed by atoms with Crippen LogP contribution in [0, 0.1) is 0 Å². The van der Waals surface area contributed by atoms with E-state index in [-0.39, 0.29) is 11.6 Å². The molecular formula is C46H35N3O3S. The molecule has 0 heterocycles. The molecule has 0 aliphatic heterocycles. The van der Waals surface area contributed by atoms with Crippen LogP contribution in [0.3, 0.4) is 0 Å². The highest BCUT2D eigenvalue weighted by atomic mass is 32.2. The van der Waals surface area contributed by atoms with E-state index in [4.69, 9.17) is 0 Å². The molecule has 7 rings (SSSR count). The zero-order valence-electron chi connectivity index (χ0n) is 28.6. The highest BCUT2D eigenvalue weighted by Crippen LogP contribution is 2.38. The van der Waals surface area contributed by atoms with Crippen LogP contribution in [0.4, 0.5) is 11.4 Å². The van der Waals surface area contributed by atoms with Crippen molar-refractivity contribution in [3.63, 3.8) is 0 Å². The number of fused-ring (bicyclic) bond motifs is 1. The second-order valence-corrected chi connectivity index (χ2v) is 13.5. The topological polar surface area (TPSA) is 87.3 Å². The van der Waals surface area contributed by atoms with E-state index in [9.17, 15) is 14.4 Å². The fourth-order valence-corrected chi connectivity index (χ4v) is 7.01. The minimum atomic E-state index is -0.583. The number of thioether (sulfide) groups is 1. The molecule has 258 valence electrons. The first kappa shape index (κ1) is 34.7. The van der Waals surface area contributed by atoms with Crippen LogP contribution in [0.25, 0.3) is 28.0 Å². The molecule has 1 unspecified atom stereocenters. The standard InChI is InChI=1S/C46H35N3O3S/c50-44(37-19-8-3-9-20-37)49-42(30-32-26-28-34(29-27-32)33-14-4-1-5-15-33)45(51)47-38-22-13-23-39(31-38)53-43(36-17-6-2-7-18-36)46(52)48-41-25-12-21-35-16-10-11-24-40(35)41/h1-31,43H,(H,47,51)(H,48,52)(H,49,50)/b42-30+. The summed E-state index contributed by atoms with van der Waals surface area (Å²) in [7, 11) is 0. The van der Waals surface area contributed by atoms with Gasteiger partial charge in [-0.1, -0.05) is 146 Å². The number of anilines is 2. The van der Waals surface area contributed by atoms with Gasteiger partial charge in [-0.15, -0.1) is 11.8 Å². The fraction of sp³-hybridized carbons (Fsp3) is 0.0217. The van der Waals surface area contributed by atoms with Crippen molar-refractivity contribution in [1.82, 2.24) is 5.32 Å². The maximum atomic E-state index is 14.0. The van der Waals surface area contributed by atoms with E-state index in [2.05, 4.69) is 16.0 Å². The highest BCUT2D eigenvalue weighted by Gasteiger charge is 2.23. The molecule has 0 bridgehead atoms. The second-order valence-electron chi connectivity index (χ2n) is 12.3. The fourth-order valence-electron chi connectivity index (χ4n) is 5.93. The Morgan fingerprint density at radius 1 is 0.566 bits per heavy atom. The molecule has 7 aromatic rings. The van der Waals surface area contributed by atoms with Crippen molar-refractivity contribution in [2.24, 2.45) is 0 Å². The lowest BCUT2D eigenvalue weighted by Crippen LogP contribution is -2.30. The number of amides is 3. The molecule has 0 aromatic heterocycles. The molecule has 0 aliphatic carbocycles. The van der Waals surface area contributed by atoms with Crippen LogP contribution in [0.2, 0.25) is 0 Å². The number of rotatable bonds is 11. The second kappa shape index (κ2) is 16.5. The Balaban J connectivity index is 1.13. The van der Waals surface area contributed by atoms with Gasteiger partial charge >= 0.3 is 0 Å². The van der Waals surface area contributed by atoms with E-state index in [0.717, 1.165) is 43.6 Å². The van der Waals surface area contributed by atoms with Crippen LogP contribution >= 0.6 is 11.8 Å². The van der Waals surface area contributed by atoms with E-state index < -0.39 is 17.1 Å². The van der Waals surface area contributed by atoms with Crippen LogP contribution in [0.15, 0.2) is 193 Å². The third-order valence-electron chi connectivity index (χ3n) is 8.59. The van der Waals surface area contributed by atoms with E-state index in [0.29, 0.717) is 11.3 Å². The van der Waals surface area contributed by atoms with Crippen molar-refractivity contribution in [2.45, 2.75) is 10.1 Å². The van der Waals surface area contributed by atoms with Gasteiger partial charge in [0.05, 0.1) is 0 Å². The largest absolute Gasteiger partial charge is 0.324 e. The third-order valence-corrected chi connectivity index (χ3v) is 9.84. The Morgan fingerprint density at radius 3 is 1.94 bits per heavy atom. The first-order valence-electron chi connectivity index (χ1n) is 17.2. The van der Waals surface area contributed by atoms with Gasteiger partial charge in [0.1, 0.15) is 10.9 Å². The highest BCUT2D eigenvalue weighted by molar-refractivity contribution is 8.00. The predicted octanol–water partition coefficient (Wildman–Crippen LogP) is 10.4. The molecule has 0 saturated carbocycles. The average molecular weight is 710 g/mol. The van der Waals surface area contributed by atoms with Crippen LogP contribution in [-0.2, 0) is 9.59 Å². The van der Waals surface area contributed by atoms with Crippen LogP contribution in [0.5, 0.6) is 0 Å². The SMILES string of the molecule is O=C(Nc1cccc(SC(C(=O)Nc2cccc3ccccc23)c2ccccc2)c1)/C(=C\c1ccc(-c2ccccc2)cc1)NC(=O)c1ccccc1. The molecular weight excluding hydrogens is 675 g/mol. The van der Waals surface area contributed by atoms with Gasteiger partial charge < -0.3 is 16.0 Å². The molecule has 0 radical (unpaired) electrons. The quantitative estimate of drug-likeness (QED) is 0.0922. The number of hydrogen-bond donors (Lipinski definition) is 3. The summed E-state index contributed by atoms with van der Waals surface area (Å²) < 4.78 is 0. The van der Waals surface area contributed by atoms with Gasteiger partial charge in [0, 0.05) is 27.2 Å². The molecule has 0 spiro atoms. The van der Waals surface area contributed by atoms with Gasteiger partial charge in [0.2, 0.25) is 5.91 Å². The smallest absolute Gasteiger partial charge is 0.272 e. The van der Waals surface area contributed by atoms with Crippen molar-refractivity contribution < 1.29 is 14.4 Å². The summed E-state index contributed by atoms with van der Waals surface area (Å²) in [6, 6.07) is 57.3. The van der Waals surface area contributed by atoms with E-state index in [1.165, 1.54) is 11.8 Å². The zero-order chi connectivity index (χ0) is 36.4. The normalized spacial score (nSPS) is 11.7. The molecule has 3 N–H and O–H groups in total. The third kappa shape index (κ3) is 8.79. The minimum absolute atomic E-state index is 0.0843. The van der Waals surface area contributed by atoms with Gasteiger partial charge in [-0.2, -0.15) is 0 Å². The Bertz CT molecular complexity index is 2390. The van der Waals surface area contributed by atoms with Gasteiger partial charge in [0.25, 0.3) is 11.8 Å². The summed E-state index contributed by atoms with van der Waals surface area (Å²) in [5.74, 6) is -1.06. The van der Waals surface area contributed by atoms with Crippen LogP contribution < -0.4 is 16.0 Å². The van der Waals surface area contributed by atoms with E-state index in [1.54, 1.807) is 36.4 Å². The first-order chi connectivity index (χ1) is 26.0. The van der Waals surface area contributed by atoms with Crippen molar-refractivity contribution in [2.75, 3.05) is 10.6 Å². The monoisotopic (exact) mass is 709 g/mol. The summed E-state index contributed by atoms with van der Waals surface area (Å²) in [6.45, 7) is 0. The van der Waals surface area contributed by atoms with Crippen molar-refractivity contribution in [3.8, 4) is 11.1 Å². The molecule has 6 nitrogen and oxygen atoms in total. The van der Waals surface area contributed by atoms with Crippen LogP contribution in [0.1, 0.15) is 26.7 Å². The predicted molar refractivity (Wildman–Crippen MR) is 216 cm³/mol. The van der Waals surface area contributed by atoms with Gasteiger partial charge in [-0.25, -0.2) is 0 Å². The molecule has 53 heavy (non-hydrogen) atoms. The van der Waals surface area contributed by atoms with Gasteiger partial charge in [0.15, 0.2) is 0 Å². The molecule has 7 aromatic carbocycles. The van der Waals surface area contributed by atoms with E-state index >= 15 is 0 Å². The Labute approximate surface area is 312 Å². The lowest BCUT2D eigenvalue weighted by atomic mass is 10.0. The lowest BCUT2D eigenvalue weighted by molar-refractivity contribution is -0.116. The number of benzene rings is 7. The number of hydrogen-bond acceptors (Lipinski definition) is 4. The van der Waals surface area contributed by atoms with Gasteiger partial charge in [-0.05, 0) is 70.1 Å². The van der Waals surface area contributed by atoms with Gasteiger partial charge in [-0.3, -0.25) is 14.4 Å². The zero-order valence-corrected chi connectivity index (χ0v) is 29.4. The summed E-state index contributed by atoms with van der Waals surface area (Å²) in [6.07, 6.45) is 1.66. The molecule has 3 amide bonds. The molecule has 0 aliphatic rings. The lowest BCUT2D eigenvalue weighted by Gasteiger charge is -2.18. The molecule has 1 atom stereocenters. The summed E-state index contributed by atoms with van der Waals surface area (Å²) in [5, 5.41) is 10.4. The summed E-state index contributed by atoms with van der Waals surface area (Å²) >= 11 is 1.39. The molecule has 7 heteroatoms. The summed E-state index contributed by atoms with van der Waals surface area (Å²) in [4.78, 5) is 41.9. The minimum Gasteiger partial charge on any atom is -0.324 e. The number of carbonyl (C=O) groups excluding carboxylic acids is 3. The van der Waals surface area contributed by atoms with Crippen molar-refractivity contribution in [3.05, 3.63) is 204 Å². The average Bonchev–Trinajstić information content (AvgIpc) is 3.21. The Kier molecular flexibility index (Phi) is 10.8. The Morgan fingerprint density at radius 2 is 1.19 bits per heavy atom. The Hall–Kier alpha value is -6.70. The van der Waals surface area contributed by atoms with Crippen molar-refractivity contribution >= 4 is 57.7 Å². The molecule has 0 saturated heterocycles. The summed E-state index contributed by atoms with van der Waals surface area (Å²) in [5.41, 5.74) is 5.47. The first-order valence-corrected chi connectivity index (χ1v) is 18.0. The van der Waals surface area contributed by atoms with Crippen LogP contribution in [-0.4, -0.2) is 17.7 Å². The maximum absolute atomic E-state index is 14.0. The molecule has 0 fully saturated rings. The number of carbonyl (C=O) groups is 3. The maximum Gasteiger partial charge on any atom is 0.272 e. The van der Waals surface area contributed by atoms with Crippen molar-refractivity contribution in [1.29, 1.82) is 0 Å².